The summed E-state index contributed by atoms with van der Waals surface area (Å²) in [6.45, 7) is 1.46. The van der Waals surface area contributed by atoms with Crippen LogP contribution in [0.15, 0.2) is 84.9 Å². The van der Waals surface area contributed by atoms with Crippen LogP contribution in [-0.2, 0) is 11.2 Å². The van der Waals surface area contributed by atoms with Crippen molar-refractivity contribution in [2.75, 3.05) is 13.1 Å². The maximum Gasteiger partial charge on any atom is 0.226 e. The van der Waals surface area contributed by atoms with Gasteiger partial charge in [0.25, 0.3) is 0 Å². The highest BCUT2D eigenvalue weighted by Gasteiger charge is 2.37. The number of carbonyl (C=O) groups is 1. The molecule has 3 aromatic rings. The van der Waals surface area contributed by atoms with Gasteiger partial charge in [-0.2, -0.15) is 0 Å². The van der Waals surface area contributed by atoms with Gasteiger partial charge in [-0.1, -0.05) is 72.8 Å². The summed E-state index contributed by atoms with van der Waals surface area (Å²) in [6.07, 6.45) is 6.50. The molecule has 1 amide bonds. The normalized spacial score (nSPS) is 16.7. The zero-order chi connectivity index (χ0) is 20.4. The van der Waals surface area contributed by atoms with Crippen LogP contribution >= 0.6 is 0 Å². The number of hydrogen-bond donors (Lipinski definition) is 0. The minimum atomic E-state index is -0.301. The van der Waals surface area contributed by atoms with Crippen molar-refractivity contribution in [1.82, 2.24) is 4.90 Å². The minimum Gasteiger partial charge on any atom is -0.482 e. The van der Waals surface area contributed by atoms with Gasteiger partial charge in [-0.25, -0.2) is 0 Å². The number of amides is 1. The monoisotopic (exact) mass is 395 g/mol. The van der Waals surface area contributed by atoms with Crippen molar-refractivity contribution in [2.45, 2.75) is 24.9 Å². The van der Waals surface area contributed by atoms with Gasteiger partial charge in [0.1, 0.15) is 11.4 Å². The van der Waals surface area contributed by atoms with E-state index in [1.165, 1.54) is 11.1 Å². The van der Waals surface area contributed by atoms with Crippen LogP contribution < -0.4 is 4.74 Å². The smallest absolute Gasteiger partial charge is 0.226 e. The fourth-order valence-corrected chi connectivity index (χ4v) is 4.36. The van der Waals surface area contributed by atoms with Gasteiger partial charge in [-0.15, -0.1) is 0 Å². The lowest BCUT2D eigenvalue weighted by atomic mass is 9.87. The van der Waals surface area contributed by atoms with Gasteiger partial charge in [0, 0.05) is 31.5 Å². The molecule has 2 heterocycles. The van der Waals surface area contributed by atoms with Crippen LogP contribution in [0.25, 0.3) is 17.2 Å². The highest BCUT2D eigenvalue weighted by molar-refractivity contribution is 5.79. The molecule has 30 heavy (non-hydrogen) atoms. The molecular weight excluding hydrogens is 370 g/mol. The molecule has 0 saturated carbocycles. The first-order chi connectivity index (χ1) is 14.7. The van der Waals surface area contributed by atoms with E-state index >= 15 is 0 Å². The first-order valence-corrected chi connectivity index (χ1v) is 10.6. The van der Waals surface area contributed by atoms with E-state index in [1.54, 1.807) is 0 Å². The molecular formula is C27H25NO2. The lowest BCUT2D eigenvalue weighted by Gasteiger charge is -2.42. The molecule has 1 saturated heterocycles. The van der Waals surface area contributed by atoms with Gasteiger partial charge in [-0.05, 0) is 34.9 Å². The molecule has 0 aliphatic carbocycles. The summed E-state index contributed by atoms with van der Waals surface area (Å²) in [7, 11) is 0. The van der Waals surface area contributed by atoms with E-state index in [1.807, 2.05) is 41.3 Å². The first-order valence-electron chi connectivity index (χ1n) is 10.6. The second kappa shape index (κ2) is 7.83. The minimum absolute atomic E-state index is 0.198. The molecule has 3 aromatic carbocycles. The number of ether oxygens (including phenoxy) is 1. The Balaban J connectivity index is 1.26. The molecule has 0 aromatic heterocycles. The fourth-order valence-electron chi connectivity index (χ4n) is 4.36. The number of hydrogen-bond acceptors (Lipinski definition) is 2. The van der Waals surface area contributed by atoms with Gasteiger partial charge in [0.05, 0.1) is 6.42 Å². The predicted molar refractivity (Wildman–Crippen MR) is 120 cm³/mol. The van der Waals surface area contributed by atoms with Crippen LogP contribution in [0.3, 0.4) is 0 Å². The Morgan fingerprint density at radius 3 is 2.30 bits per heavy atom. The number of piperidine rings is 1. The molecule has 0 atom stereocenters. The van der Waals surface area contributed by atoms with E-state index in [2.05, 4.69) is 54.6 Å². The lowest BCUT2D eigenvalue weighted by molar-refractivity contribution is -0.133. The first kappa shape index (κ1) is 18.7. The Labute approximate surface area is 177 Å². The molecule has 1 spiro atoms. The quantitative estimate of drug-likeness (QED) is 0.597. The second-order valence-corrected chi connectivity index (χ2v) is 8.16. The van der Waals surface area contributed by atoms with Crippen molar-refractivity contribution in [2.24, 2.45) is 0 Å². The van der Waals surface area contributed by atoms with Crippen LogP contribution in [-0.4, -0.2) is 29.5 Å². The van der Waals surface area contributed by atoms with E-state index in [9.17, 15) is 4.79 Å². The zero-order valence-electron chi connectivity index (χ0n) is 17.0. The number of benzene rings is 3. The molecule has 1 fully saturated rings. The van der Waals surface area contributed by atoms with E-state index in [4.69, 9.17) is 4.74 Å². The highest BCUT2D eigenvalue weighted by atomic mass is 16.5. The number of carbonyl (C=O) groups excluding carboxylic acids is 1. The Bertz CT molecular complexity index is 1060. The van der Waals surface area contributed by atoms with E-state index < -0.39 is 0 Å². The van der Waals surface area contributed by atoms with Gasteiger partial charge in [-0.3, -0.25) is 4.79 Å². The maximum absolute atomic E-state index is 12.7. The van der Waals surface area contributed by atoms with E-state index in [-0.39, 0.29) is 11.5 Å². The van der Waals surface area contributed by atoms with Crippen molar-refractivity contribution in [3.63, 3.8) is 0 Å². The molecule has 2 aliphatic rings. The van der Waals surface area contributed by atoms with Crippen molar-refractivity contribution in [3.8, 4) is 16.9 Å². The Kier molecular flexibility index (Phi) is 4.88. The number of fused-ring (bicyclic) bond motifs is 1. The van der Waals surface area contributed by atoms with Gasteiger partial charge >= 0.3 is 0 Å². The van der Waals surface area contributed by atoms with Crippen molar-refractivity contribution in [3.05, 3.63) is 96.1 Å². The highest BCUT2D eigenvalue weighted by Crippen LogP contribution is 2.38. The summed E-state index contributed by atoms with van der Waals surface area (Å²) in [6, 6.07) is 26.8. The van der Waals surface area contributed by atoms with Crippen molar-refractivity contribution in [1.29, 1.82) is 0 Å². The molecule has 0 unspecified atom stereocenters. The van der Waals surface area contributed by atoms with Crippen LogP contribution in [0, 0.1) is 0 Å². The molecule has 0 bridgehead atoms. The molecule has 0 radical (unpaired) electrons. The van der Waals surface area contributed by atoms with Crippen LogP contribution in [0.4, 0.5) is 0 Å². The van der Waals surface area contributed by atoms with E-state index in [0.717, 1.165) is 42.8 Å². The third-order valence-corrected chi connectivity index (χ3v) is 6.16. The number of rotatable bonds is 3. The van der Waals surface area contributed by atoms with Crippen LogP contribution in [0.5, 0.6) is 5.75 Å². The Morgan fingerprint density at radius 2 is 1.57 bits per heavy atom. The average Bonchev–Trinajstić information content (AvgIpc) is 2.80. The summed E-state index contributed by atoms with van der Waals surface area (Å²) in [5.74, 6) is 1.13. The molecule has 3 heteroatoms. The van der Waals surface area contributed by atoms with Gasteiger partial charge < -0.3 is 9.64 Å². The topological polar surface area (TPSA) is 29.5 Å². The molecule has 5 rings (SSSR count). The Hall–Kier alpha value is -3.33. The van der Waals surface area contributed by atoms with Crippen molar-refractivity contribution >= 4 is 12.0 Å². The molecule has 150 valence electrons. The summed E-state index contributed by atoms with van der Waals surface area (Å²) >= 11 is 0. The van der Waals surface area contributed by atoms with Crippen LogP contribution in [0.2, 0.25) is 0 Å². The zero-order valence-corrected chi connectivity index (χ0v) is 17.0. The van der Waals surface area contributed by atoms with Crippen molar-refractivity contribution < 1.29 is 9.53 Å². The molecule has 0 N–H and O–H groups in total. The number of nitrogens with zero attached hydrogens (tertiary/aromatic N) is 1. The third kappa shape index (κ3) is 3.76. The lowest BCUT2D eigenvalue weighted by Crippen LogP contribution is -2.49. The average molecular weight is 396 g/mol. The standard InChI is InChI=1S/C27H25NO2/c29-26(19-21-7-3-1-4-8-21)28-17-15-27(16-18-28)14-13-24-20-23(11-12-25(24)30-27)22-9-5-2-6-10-22/h1-14,20H,15-19H2. The molecule has 3 nitrogen and oxygen atoms in total. The predicted octanol–water partition coefficient (Wildman–Crippen LogP) is 5.36. The summed E-state index contributed by atoms with van der Waals surface area (Å²) < 4.78 is 6.47. The second-order valence-electron chi connectivity index (χ2n) is 8.16. The molecule has 2 aliphatic heterocycles. The van der Waals surface area contributed by atoms with Crippen LogP contribution in [0.1, 0.15) is 24.0 Å². The third-order valence-electron chi connectivity index (χ3n) is 6.16. The summed E-state index contributed by atoms with van der Waals surface area (Å²) in [5.41, 5.74) is 4.29. The number of likely N-dealkylation sites (tertiary alicyclic amines) is 1. The fraction of sp³-hybridized carbons (Fsp3) is 0.222. The summed E-state index contributed by atoms with van der Waals surface area (Å²) in [5, 5.41) is 0. The SMILES string of the molecule is O=C(Cc1ccccc1)N1CCC2(C=Cc3cc(-c4ccccc4)ccc3O2)CC1. The Morgan fingerprint density at radius 1 is 0.867 bits per heavy atom. The van der Waals surface area contributed by atoms with Gasteiger partial charge in [0.2, 0.25) is 5.91 Å². The summed E-state index contributed by atoms with van der Waals surface area (Å²) in [4.78, 5) is 14.7. The van der Waals surface area contributed by atoms with E-state index in [0.29, 0.717) is 6.42 Å². The maximum atomic E-state index is 12.7. The largest absolute Gasteiger partial charge is 0.482 e. The van der Waals surface area contributed by atoms with Gasteiger partial charge in [0.15, 0.2) is 0 Å².